The average molecular weight is 344 g/mol. The summed E-state index contributed by atoms with van der Waals surface area (Å²) in [6, 6.07) is 10.0. The van der Waals surface area contributed by atoms with E-state index in [0.29, 0.717) is 5.92 Å². The van der Waals surface area contributed by atoms with Gasteiger partial charge in [-0.3, -0.25) is 10.00 Å². The number of carbonyl (C=O) groups is 1. The van der Waals surface area contributed by atoms with E-state index in [2.05, 4.69) is 16.7 Å². The van der Waals surface area contributed by atoms with Gasteiger partial charge in [-0.15, -0.1) is 0 Å². The minimum Gasteiger partial charge on any atom is -0.324 e. The predicted molar refractivity (Wildman–Crippen MR) is 100 cm³/mol. The van der Waals surface area contributed by atoms with Crippen LogP contribution in [-0.4, -0.2) is 45.8 Å². The second-order valence-corrected chi connectivity index (χ2v) is 7.15. The zero-order valence-corrected chi connectivity index (χ0v) is 15.1. The van der Waals surface area contributed by atoms with Crippen molar-refractivity contribution in [1.82, 2.24) is 14.7 Å². The fourth-order valence-corrected chi connectivity index (χ4v) is 3.96. The number of hydrogen-bond acceptors (Lipinski definition) is 3. The van der Waals surface area contributed by atoms with Crippen molar-refractivity contribution in [2.45, 2.75) is 12.8 Å². The van der Waals surface area contributed by atoms with Crippen LogP contribution in [0.1, 0.15) is 12.8 Å². The number of aromatic nitrogens is 2. The molecule has 3 rings (SSSR count). The van der Waals surface area contributed by atoms with Gasteiger partial charge in [0.1, 0.15) is 5.82 Å². The van der Waals surface area contributed by atoms with Crippen LogP contribution in [0.4, 0.5) is 10.6 Å². The Labute approximate surface area is 147 Å². The van der Waals surface area contributed by atoms with E-state index in [-0.39, 0.29) is 6.03 Å². The quantitative estimate of drug-likeness (QED) is 0.920. The lowest BCUT2D eigenvalue weighted by Crippen LogP contribution is -2.43. The number of hydrogen-bond donors (Lipinski definition) is 1. The van der Waals surface area contributed by atoms with E-state index in [1.807, 2.05) is 54.0 Å². The highest BCUT2D eigenvalue weighted by atomic mass is 32.2. The van der Waals surface area contributed by atoms with E-state index in [0.717, 1.165) is 42.2 Å². The Kier molecular flexibility index (Phi) is 5.45. The molecule has 5 nitrogen and oxygen atoms in total. The van der Waals surface area contributed by atoms with Crippen molar-refractivity contribution in [3.8, 4) is 11.1 Å². The molecule has 2 heterocycles. The Morgan fingerprint density at radius 2 is 2.17 bits per heavy atom. The zero-order valence-electron chi connectivity index (χ0n) is 14.2. The molecule has 1 aliphatic rings. The molecule has 0 spiro atoms. The highest BCUT2D eigenvalue weighted by Gasteiger charge is 2.24. The number of likely N-dealkylation sites (tertiary alicyclic amines) is 1. The van der Waals surface area contributed by atoms with Crippen molar-refractivity contribution in [2.24, 2.45) is 13.0 Å². The molecule has 0 unspecified atom stereocenters. The number of amides is 2. The monoisotopic (exact) mass is 344 g/mol. The van der Waals surface area contributed by atoms with Gasteiger partial charge in [-0.2, -0.15) is 16.9 Å². The first-order valence-electron chi connectivity index (χ1n) is 8.31. The van der Waals surface area contributed by atoms with Crippen LogP contribution in [0.2, 0.25) is 0 Å². The number of nitrogens with zero attached hydrogens (tertiary/aromatic N) is 3. The summed E-state index contributed by atoms with van der Waals surface area (Å²) in [5.41, 5.74) is 2.00. The molecule has 6 heteroatoms. The Bertz CT molecular complexity index is 684. The predicted octanol–water partition coefficient (Wildman–Crippen LogP) is 3.69. The van der Waals surface area contributed by atoms with Crippen LogP contribution in [0, 0.1) is 5.92 Å². The van der Waals surface area contributed by atoms with E-state index in [1.165, 1.54) is 6.42 Å². The highest BCUT2D eigenvalue weighted by molar-refractivity contribution is 7.98. The molecule has 2 amide bonds. The Morgan fingerprint density at radius 1 is 1.38 bits per heavy atom. The first-order chi connectivity index (χ1) is 11.7. The number of rotatable bonds is 4. The van der Waals surface area contributed by atoms with E-state index in [4.69, 9.17) is 0 Å². The molecule has 0 bridgehead atoms. The van der Waals surface area contributed by atoms with Crippen LogP contribution in [0.15, 0.2) is 36.5 Å². The Hall–Kier alpha value is -1.95. The fraction of sp³-hybridized carbons (Fsp3) is 0.444. The van der Waals surface area contributed by atoms with Gasteiger partial charge in [0.25, 0.3) is 0 Å². The summed E-state index contributed by atoms with van der Waals surface area (Å²) < 4.78 is 1.73. The highest BCUT2D eigenvalue weighted by Crippen LogP contribution is 2.28. The topological polar surface area (TPSA) is 50.2 Å². The van der Waals surface area contributed by atoms with Gasteiger partial charge in [0.05, 0.1) is 6.20 Å². The molecule has 1 saturated heterocycles. The second kappa shape index (κ2) is 7.75. The van der Waals surface area contributed by atoms with Crippen molar-refractivity contribution < 1.29 is 4.79 Å². The largest absolute Gasteiger partial charge is 0.324 e. The normalized spacial score (nSPS) is 17.8. The molecule has 2 aromatic rings. The van der Waals surface area contributed by atoms with Gasteiger partial charge in [-0.25, -0.2) is 4.79 Å². The molecule has 0 aliphatic carbocycles. The first kappa shape index (κ1) is 16.9. The van der Waals surface area contributed by atoms with Crippen molar-refractivity contribution in [1.29, 1.82) is 0 Å². The smallest absolute Gasteiger partial charge is 0.323 e. The number of urea groups is 1. The van der Waals surface area contributed by atoms with Gasteiger partial charge in [0, 0.05) is 25.7 Å². The van der Waals surface area contributed by atoms with E-state index < -0.39 is 0 Å². The van der Waals surface area contributed by atoms with Crippen LogP contribution >= 0.6 is 11.8 Å². The summed E-state index contributed by atoms with van der Waals surface area (Å²) in [7, 11) is 1.86. The molecule has 1 aliphatic heterocycles. The maximum absolute atomic E-state index is 12.7. The SMILES string of the molecule is CSC[C@H]1CCCN(C(=O)Nc2c(-c3ccccc3)cnn2C)C1. The third-order valence-electron chi connectivity index (χ3n) is 4.46. The molecule has 0 radical (unpaired) electrons. The molecule has 1 atom stereocenters. The van der Waals surface area contributed by atoms with Gasteiger partial charge >= 0.3 is 6.03 Å². The van der Waals surface area contributed by atoms with Gasteiger partial charge in [-0.1, -0.05) is 30.3 Å². The minimum atomic E-state index is -0.0263. The summed E-state index contributed by atoms with van der Waals surface area (Å²) in [4.78, 5) is 14.7. The van der Waals surface area contributed by atoms with Crippen LogP contribution in [0.5, 0.6) is 0 Å². The van der Waals surface area contributed by atoms with Crippen molar-refractivity contribution >= 4 is 23.6 Å². The summed E-state index contributed by atoms with van der Waals surface area (Å²) in [6.45, 7) is 1.67. The summed E-state index contributed by atoms with van der Waals surface area (Å²) in [5.74, 6) is 2.46. The average Bonchev–Trinajstić information content (AvgIpc) is 2.97. The number of benzene rings is 1. The van der Waals surface area contributed by atoms with Crippen molar-refractivity contribution in [3.63, 3.8) is 0 Å². The number of nitrogens with one attached hydrogen (secondary N) is 1. The zero-order chi connectivity index (χ0) is 16.9. The number of aryl methyl sites for hydroxylation is 1. The molecule has 1 fully saturated rings. The molecule has 24 heavy (non-hydrogen) atoms. The third-order valence-corrected chi connectivity index (χ3v) is 5.26. The molecule has 1 N–H and O–H groups in total. The van der Waals surface area contributed by atoms with E-state index in [9.17, 15) is 4.79 Å². The van der Waals surface area contributed by atoms with Gasteiger partial charge in [-0.05, 0) is 36.3 Å². The van der Waals surface area contributed by atoms with E-state index >= 15 is 0 Å². The lowest BCUT2D eigenvalue weighted by atomic mass is 10.0. The molecule has 1 aromatic heterocycles. The van der Waals surface area contributed by atoms with Crippen molar-refractivity contribution in [2.75, 3.05) is 30.4 Å². The lowest BCUT2D eigenvalue weighted by molar-refractivity contribution is 0.183. The maximum atomic E-state index is 12.7. The lowest BCUT2D eigenvalue weighted by Gasteiger charge is -2.32. The van der Waals surface area contributed by atoms with Crippen LogP contribution in [-0.2, 0) is 7.05 Å². The van der Waals surface area contributed by atoms with Gasteiger partial charge in [0.2, 0.25) is 0 Å². The van der Waals surface area contributed by atoms with E-state index in [1.54, 1.807) is 10.9 Å². The second-order valence-electron chi connectivity index (χ2n) is 6.24. The Morgan fingerprint density at radius 3 is 2.92 bits per heavy atom. The molecule has 0 saturated carbocycles. The number of piperidine rings is 1. The summed E-state index contributed by atoms with van der Waals surface area (Å²) >= 11 is 1.86. The number of carbonyl (C=O) groups excluding carboxylic acids is 1. The number of anilines is 1. The summed E-state index contributed by atoms with van der Waals surface area (Å²) in [5, 5.41) is 7.39. The third kappa shape index (κ3) is 3.75. The molecule has 128 valence electrons. The standard InChI is InChI=1S/C18H24N4OS/c1-21-17(16(11-19-21)15-8-4-3-5-9-15)20-18(23)22-10-6-7-14(12-22)13-24-2/h3-5,8-9,11,14H,6-7,10,12-13H2,1-2H3,(H,20,23)/t14-/m0/s1. The minimum absolute atomic E-state index is 0.0263. The Balaban J connectivity index is 1.74. The van der Waals surface area contributed by atoms with Gasteiger partial charge < -0.3 is 4.90 Å². The van der Waals surface area contributed by atoms with Crippen LogP contribution < -0.4 is 5.32 Å². The molecular weight excluding hydrogens is 320 g/mol. The molecule has 1 aromatic carbocycles. The van der Waals surface area contributed by atoms with Crippen LogP contribution in [0.3, 0.4) is 0 Å². The van der Waals surface area contributed by atoms with Gasteiger partial charge in [0.15, 0.2) is 0 Å². The molecular formula is C18H24N4OS. The fourth-order valence-electron chi connectivity index (χ4n) is 3.22. The first-order valence-corrected chi connectivity index (χ1v) is 9.70. The number of thioether (sulfide) groups is 1. The van der Waals surface area contributed by atoms with Crippen molar-refractivity contribution in [3.05, 3.63) is 36.5 Å². The van der Waals surface area contributed by atoms with Crippen LogP contribution in [0.25, 0.3) is 11.1 Å². The summed E-state index contributed by atoms with van der Waals surface area (Å²) in [6.07, 6.45) is 6.22. The maximum Gasteiger partial charge on any atom is 0.323 e.